The molecule has 0 heterocycles. The van der Waals surface area contributed by atoms with Crippen molar-refractivity contribution in [2.75, 3.05) is 7.11 Å². The summed E-state index contributed by atoms with van der Waals surface area (Å²) in [6.07, 6.45) is -5.24. The number of hydrogen-bond donors (Lipinski definition) is 1. The Morgan fingerprint density at radius 3 is 1.96 bits per heavy atom. The molecule has 0 aromatic heterocycles. The molecule has 7 heteroatoms. The predicted molar refractivity (Wildman–Crippen MR) is 84.3 cm³/mol. The van der Waals surface area contributed by atoms with Gasteiger partial charge in [0.05, 0.1) is 0 Å². The summed E-state index contributed by atoms with van der Waals surface area (Å²) in [6, 6.07) is 14.2. The summed E-state index contributed by atoms with van der Waals surface area (Å²) in [5.74, 6) is 2.39. The zero-order chi connectivity index (χ0) is 17.8. The van der Waals surface area contributed by atoms with E-state index in [0.29, 0.717) is 5.56 Å². The fraction of sp³-hybridized carbons (Fsp3) is 0.176. The van der Waals surface area contributed by atoms with E-state index in [1.54, 1.807) is 30.3 Å². The number of hydrogen-bond acceptors (Lipinski definition) is 3. The Hall–Kier alpha value is -2.06. The molecular formula is C17H14F3O3P. The second kappa shape index (κ2) is 6.82. The van der Waals surface area contributed by atoms with E-state index in [2.05, 4.69) is 10.4 Å². The summed E-state index contributed by atoms with van der Waals surface area (Å²) in [4.78, 5) is 0. The first-order valence-corrected chi connectivity index (χ1v) is 8.46. The lowest BCUT2D eigenvalue weighted by Crippen LogP contribution is -2.42. The molecule has 1 N–H and O–H groups in total. The summed E-state index contributed by atoms with van der Waals surface area (Å²) >= 11 is 0. The average Bonchev–Trinajstić information content (AvgIpc) is 2.59. The van der Waals surface area contributed by atoms with Crippen LogP contribution in [0.25, 0.3) is 0 Å². The third-order valence-electron chi connectivity index (χ3n) is 3.38. The first-order valence-electron chi connectivity index (χ1n) is 6.83. The summed E-state index contributed by atoms with van der Waals surface area (Å²) in [5.41, 5.74) is 1.78. The fourth-order valence-corrected chi connectivity index (χ4v) is 3.71. The minimum atomic E-state index is -5.24. The maximum Gasteiger partial charge on any atom is 0.431 e. The number of halogens is 3. The molecule has 0 saturated heterocycles. The molecule has 0 amide bonds. The Bertz CT molecular complexity index is 795. The van der Waals surface area contributed by atoms with Crippen LogP contribution < -0.4 is 0 Å². The topological polar surface area (TPSA) is 46.5 Å². The zero-order valence-electron chi connectivity index (χ0n) is 12.6. The van der Waals surface area contributed by atoms with Crippen LogP contribution in [0, 0.1) is 11.6 Å². The van der Waals surface area contributed by atoms with Crippen molar-refractivity contribution in [3.8, 4) is 11.6 Å². The molecule has 2 aromatic carbocycles. The lowest BCUT2D eigenvalue weighted by Gasteiger charge is -2.33. The van der Waals surface area contributed by atoms with E-state index in [1.807, 2.05) is 5.66 Å². The van der Waals surface area contributed by atoms with Crippen LogP contribution in [0.4, 0.5) is 13.2 Å². The molecular weight excluding hydrogens is 340 g/mol. The van der Waals surface area contributed by atoms with Crippen molar-refractivity contribution in [1.82, 2.24) is 0 Å². The molecule has 126 valence electrons. The van der Waals surface area contributed by atoms with Crippen LogP contribution in [0.3, 0.4) is 0 Å². The van der Waals surface area contributed by atoms with Crippen molar-refractivity contribution >= 4 is 7.37 Å². The van der Waals surface area contributed by atoms with Gasteiger partial charge in [-0.15, -0.1) is 0 Å². The van der Waals surface area contributed by atoms with Gasteiger partial charge in [-0.1, -0.05) is 54.5 Å². The van der Waals surface area contributed by atoms with E-state index in [-0.39, 0.29) is 0 Å². The van der Waals surface area contributed by atoms with Crippen molar-refractivity contribution in [1.29, 1.82) is 0 Å². The van der Waals surface area contributed by atoms with E-state index < -0.39 is 24.5 Å². The van der Waals surface area contributed by atoms with Gasteiger partial charge in [0, 0.05) is 18.2 Å². The molecule has 0 fully saturated rings. The van der Waals surface area contributed by atoms with Gasteiger partial charge >= 0.3 is 13.5 Å². The molecule has 0 aliphatic carbocycles. The predicted octanol–water partition coefficient (Wildman–Crippen LogP) is 4.33. The van der Waals surface area contributed by atoms with Gasteiger partial charge in [-0.2, -0.15) is 13.2 Å². The molecule has 24 heavy (non-hydrogen) atoms. The maximum atomic E-state index is 13.6. The summed E-state index contributed by atoms with van der Waals surface area (Å²) in [7, 11) is -4.03. The Kier molecular flexibility index (Phi) is 5.19. The van der Waals surface area contributed by atoms with E-state index >= 15 is 0 Å². The lowest BCUT2D eigenvalue weighted by atomic mass is 10.1. The van der Waals surface area contributed by atoms with Crippen LogP contribution >= 0.6 is 7.37 Å². The monoisotopic (exact) mass is 354 g/mol. The van der Waals surface area contributed by atoms with Gasteiger partial charge in [-0.25, -0.2) is 0 Å². The number of benzene rings is 2. The second-order valence-electron chi connectivity index (χ2n) is 4.87. The molecule has 0 spiro atoms. The SMILES string of the molecule is CO[P@](=O)(C#Cc1ccccc1)[C@](O)(c1ccccc1)C(F)(F)F. The molecule has 2 atom stereocenters. The third-order valence-corrected chi connectivity index (χ3v) is 5.66. The van der Waals surface area contributed by atoms with Gasteiger partial charge in [-0.05, 0) is 17.8 Å². The highest BCUT2D eigenvalue weighted by Crippen LogP contribution is 2.67. The standard InChI is InChI=1S/C17H14F3O3P/c1-23-24(22,13-12-14-8-4-2-5-9-14)16(21,17(18,19)20)15-10-6-3-7-11-15/h2-11,21H,1H3/t16-,24-/m1/s1. The molecule has 0 saturated carbocycles. The number of alkyl halides is 3. The Morgan fingerprint density at radius 2 is 1.50 bits per heavy atom. The highest BCUT2D eigenvalue weighted by molar-refractivity contribution is 7.65. The van der Waals surface area contributed by atoms with Crippen LogP contribution in [-0.2, 0) is 14.4 Å². The summed E-state index contributed by atoms with van der Waals surface area (Å²) in [5, 5.41) is 6.68. The largest absolute Gasteiger partial charge is 0.431 e. The van der Waals surface area contributed by atoms with Crippen molar-refractivity contribution < 1.29 is 27.4 Å². The van der Waals surface area contributed by atoms with Crippen LogP contribution in [0.5, 0.6) is 0 Å². The minimum Gasteiger partial charge on any atom is -0.367 e. The highest BCUT2D eigenvalue weighted by Gasteiger charge is 2.67. The second-order valence-corrected chi connectivity index (χ2v) is 7.21. The molecule has 0 radical (unpaired) electrons. The third kappa shape index (κ3) is 3.25. The van der Waals surface area contributed by atoms with Gasteiger partial charge < -0.3 is 9.63 Å². The number of aliphatic hydroxyl groups is 1. The smallest absolute Gasteiger partial charge is 0.367 e. The van der Waals surface area contributed by atoms with Crippen molar-refractivity contribution in [3.05, 3.63) is 71.8 Å². The van der Waals surface area contributed by atoms with Crippen molar-refractivity contribution in [3.63, 3.8) is 0 Å². The lowest BCUT2D eigenvalue weighted by molar-refractivity contribution is -0.231. The van der Waals surface area contributed by atoms with E-state index in [0.717, 1.165) is 19.2 Å². The van der Waals surface area contributed by atoms with Crippen LogP contribution in [0.15, 0.2) is 60.7 Å². The molecule has 2 aromatic rings. The van der Waals surface area contributed by atoms with Gasteiger partial charge in [0.25, 0.3) is 5.34 Å². The Labute approximate surface area is 137 Å². The van der Waals surface area contributed by atoms with E-state index in [4.69, 9.17) is 0 Å². The quantitative estimate of drug-likeness (QED) is 0.659. The van der Waals surface area contributed by atoms with E-state index in [1.165, 1.54) is 18.2 Å². The molecule has 2 rings (SSSR count). The molecule has 0 unspecified atom stereocenters. The maximum absolute atomic E-state index is 13.6. The summed E-state index contributed by atoms with van der Waals surface area (Å²) < 4.78 is 58.4. The van der Waals surface area contributed by atoms with E-state index in [9.17, 15) is 22.8 Å². The molecule has 0 bridgehead atoms. The van der Waals surface area contributed by atoms with Gasteiger partial charge in [-0.3, -0.25) is 4.57 Å². The normalized spacial score (nSPS) is 16.4. The van der Waals surface area contributed by atoms with Crippen molar-refractivity contribution in [2.24, 2.45) is 0 Å². The Morgan fingerprint density at radius 1 is 1.00 bits per heavy atom. The van der Waals surface area contributed by atoms with Crippen LogP contribution in [-0.4, -0.2) is 18.4 Å². The Balaban J connectivity index is 2.63. The van der Waals surface area contributed by atoms with Gasteiger partial charge in [0.15, 0.2) is 0 Å². The van der Waals surface area contributed by atoms with Crippen LogP contribution in [0.2, 0.25) is 0 Å². The number of rotatable bonds is 3. The first kappa shape index (κ1) is 18.3. The van der Waals surface area contributed by atoms with Crippen molar-refractivity contribution in [2.45, 2.75) is 11.5 Å². The highest BCUT2D eigenvalue weighted by atomic mass is 31.2. The molecule has 0 aliphatic rings. The average molecular weight is 354 g/mol. The van der Waals surface area contributed by atoms with Crippen LogP contribution in [0.1, 0.15) is 11.1 Å². The summed E-state index contributed by atoms with van der Waals surface area (Å²) in [6.45, 7) is 0. The fourth-order valence-electron chi connectivity index (χ4n) is 2.09. The minimum absolute atomic E-state index is 0.354. The first-order chi connectivity index (χ1) is 11.2. The zero-order valence-corrected chi connectivity index (χ0v) is 13.5. The van der Waals surface area contributed by atoms with Gasteiger partial charge in [0.2, 0.25) is 0 Å². The molecule has 0 aliphatic heterocycles. The van der Waals surface area contributed by atoms with Gasteiger partial charge in [0.1, 0.15) is 0 Å². The molecule has 3 nitrogen and oxygen atoms in total.